The second kappa shape index (κ2) is 6.75. The highest BCUT2D eigenvalue weighted by Crippen LogP contribution is 2.33. The maximum Gasteiger partial charge on any atom is 0.225 e. The fourth-order valence-electron chi connectivity index (χ4n) is 2.63. The number of benzene rings is 1. The van der Waals surface area contributed by atoms with Gasteiger partial charge in [0.05, 0.1) is 12.5 Å². The van der Waals surface area contributed by atoms with Crippen molar-refractivity contribution in [2.45, 2.75) is 32.4 Å². The number of nitrogens with two attached hydrogens (primary N) is 1. The van der Waals surface area contributed by atoms with Gasteiger partial charge in [0.1, 0.15) is 0 Å². The molecule has 0 saturated carbocycles. The highest BCUT2D eigenvalue weighted by molar-refractivity contribution is 5.82. The van der Waals surface area contributed by atoms with Crippen LogP contribution in [-0.4, -0.2) is 41.2 Å². The lowest BCUT2D eigenvalue weighted by Gasteiger charge is -2.34. The lowest BCUT2D eigenvalue weighted by molar-refractivity contribution is -0.134. The molecule has 0 radical (unpaired) electrons. The average molecular weight is 301 g/mol. The van der Waals surface area contributed by atoms with Crippen LogP contribution in [-0.2, 0) is 9.59 Å². The van der Waals surface area contributed by atoms with Crippen LogP contribution >= 0.6 is 0 Å². The largest absolute Gasteiger partial charge is 0.342 e. The summed E-state index contributed by atoms with van der Waals surface area (Å²) in [5, 5.41) is 0. The van der Waals surface area contributed by atoms with Crippen LogP contribution in [0.5, 0.6) is 0 Å². The number of fused-ring (bicyclic) bond motifs is 1. The maximum atomic E-state index is 12.5. The molecule has 2 unspecified atom stereocenters. The number of carbonyl (C=O) groups is 2. The molecule has 2 N–H and O–H groups in total. The van der Waals surface area contributed by atoms with Crippen LogP contribution in [0.2, 0.25) is 0 Å². The summed E-state index contributed by atoms with van der Waals surface area (Å²) in [6.45, 7) is 3.84. The van der Waals surface area contributed by atoms with E-state index >= 15 is 0 Å². The van der Waals surface area contributed by atoms with E-state index in [1.807, 2.05) is 37.3 Å². The van der Waals surface area contributed by atoms with Crippen LogP contribution in [0, 0.1) is 0 Å². The number of amides is 2. The first-order valence-electron chi connectivity index (χ1n) is 7.47. The lowest BCUT2D eigenvalue weighted by atomic mass is 9.93. The van der Waals surface area contributed by atoms with E-state index < -0.39 is 0 Å². The molecule has 0 spiro atoms. The Hall–Kier alpha value is -2.14. The molecule has 0 aliphatic carbocycles. The van der Waals surface area contributed by atoms with Crippen molar-refractivity contribution in [1.82, 2.24) is 9.80 Å². The zero-order valence-corrected chi connectivity index (χ0v) is 13.3. The van der Waals surface area contributed by atoms with Gasteiger partial charge in [-0.1, -0.05) is 24.3 Å². The van der Waals surface area contributed by atoms with E-state index in [9.17, 15) is 9.59 Å². The Balaban J connectivity index is 2.27. The SMILES string of the molecule is CC(=O)N1C=Cc2ccccc2C1CC(=O)N(C)C(C)CN. The summed E-state index contributed by atoms with van der Waals surface area (Å²) in [5.41, 5.74) is 7.68. The van der Waals surface area contributed by atoms with Gasteiger partial charge in [-0.3, -0.25) is 9.59 Å². The topological polar surface area (TPSA) is 66.6 Å². The molecule has 1 heterocycles. The van der Waals surface area contributed by atoms with Crippen molar-refractivity contribution < 1.29 is 9.59 Å². The summed E-state index contributed by atoms with van der Waals surface area (Å²) in [6, 6.07) is 7.56. The molecule has 1 aromatic carbocycles. The van der Waals surface area contributed by atoms with Gasteiger partial charge in [0.15, 0.2) is 0 Å². The Kier molecular flexibility index (Phi) is 4.98. The molecule has 0 saturated heterocycles. The average Bonchev–Trinajstić information content (AvgIpc) is 2.53. The quantitative estimate of drug-likeness (QED) is 0.921. The third-order valence-corrected chi connectivity index (χ3v) is 4.23. The molecule has 0 bridgehead atoms. The van der Waals surface area contributed by atoms with Crippen LogP contribution < -0.4 is 5.73 Å². The standard InChI is InChI=1S/C17H23N3O2/c1-12(11-18)19(3)17(22)10-16-15-7-5-4-6-14(15)8-9-20(16)13(2)21/h4-9,12,16H,10-11,18H2,1-3H3. The van der Waals surface area contributed by atoms with E-state index in [-0.39, 0.29) is 30.3 Å². The predicted molar refractivity (Wildman–Crippen MR) is 86.6 cm³/mol. The Morgan fingerprint density at radius 2 is 2.05 bits per heavy atom. The van der Waals surface area contributed by atoms with E-state index in [0.29, 0.717) is 6.54 Å². The molecular weight excluding hydrogens is 278 g/mol. The maximum absolute atomic E-state index is 12.5. The molecule has 1 aliphatic heterocycles. The van der Waals surface area contributed by atoms with E-state index in [0.717, 1.165) is 11.1 Å². The zero-order chi connectivity index (χ0) is 16.3. The minimum Gasteiger partial charge on any atom is -0.342 e. The van der Waals surface area contributed by atoms with Gasteiger partial charge in [-0.25, -0.2) is 0 Å². The van der Waals surface area contributed by atoms with Crippen LogP contribution in [0.15, 0.2) is 30.5 Å². The molecule has 118 valence electrons. The van der Waals surface area contributed by atoms with Crippen LogP contribution in [0.4, 0.5) is 0 Å². The van der Waals surface area contributed by atoms with Crippen molar-refractivity contribution in [3.8, 4) is 0 Å². The number of nitrogens with zero attached hydrogens (tertiary/aromatic N) is 2. The number of hydrogen-bond donors (Lipinski definition) is 1. The molecular formula is C17H23N3O2. The highest BCUT2D eigenvalue weighted by atomic mass is 16.2. The highest BCUT2D eigenvalue weighted by Gasteiger charge is 2.29. The number of likely N-dealkylation sites (N-methyl/N-ethyl adjacent to an activating group) is 1. The van der Waals surface area contributed by atoms with Crippen LogP contribution in [0.25, 0.3) is 6.08 Å². The summed E-state index contributed by atoms with van der Waals surface area (Å²) in [7, 11) is 1.75. The van der Waals surface area contributed by atoms with Crippen LogP contribution in [0.1, 0.15) is 37.4 Å². The van der Waals surface area contributed by atoms with Gasteiger partial charge in [0.25, 0.3) is 0 Å². The van der Waals surface area contributed by atoms with Gasteiger partial charge < -0.3 is 15.5 Å². The minimum atomic E-state index is -0.265. The second-order valence-electron chi connectivity index (χ2n) is 5.68. The molecule has 5 heteroatoms. The summed E-state index contributed by atoms with van der Waals surface area (Å²) in [6.07, 6.45) is 3.92. The van der Waals surface area contributed by atoms with Gasteiger partial charge in [-0.2, -0.15) is 0 Å². The number of carbonyl (C=O) groups excluding carboxylic acids is 2. The number of hydrogen-bond acceptors (Lipinski definition) is 3. The third kappa shape index (κ3) is 3.20. The van der Waals surface area contributed by atoms with Gasteiger partial charge in [0, 0.05) is 32.8 Å². The fourth-order valence-corrected chi connectivity index (χ4v) is 2.63. The lowest BCUT2D eigenvalue weighted by Crippen LogP contribution is -2.42. The Morgan fingerprint density at radius 1 is 1.36 bits per heavy atom. The van der Waals surface area contributed by atoms with Crippen molar-refractivity contribution in [2.75, 3.05) is 13.6 Å². The van der Waals surface area contributed by atoms with E-state index in [4.69, 9.17) is 5.73 Å². The van der Waals surface area contributed by atoms with Crippen molar-refractivity contribution in [1.29, 1.82) is 0 Å². The van der Waals surface area contributed by atoms with Crippen molar-refractivity contribution in [3.63, 3.8) is 0 Å². The molecule has 2 atom stereocenters. The minimum absolute atomic E-state index is 0.0145. The van der Waals surface area contributed by atoms with Gasteiger partial charge >= 0.3 is 0 Å². The Labute approximate surface area is 131 Å². The first kappa shape index (κ1) is 16.2. The fraction of sp³-hybridized carbons (Fsp3) is 0.412. The molecule has 0 fully saturated rings. The Bertz CT molecular complexity index is 597. The predicted octanol–water partition coefficient (Wildman–Crippen LogP) is 1.76. The smallest absolute Gasteiger partial charge is 0.225 e. The number of rotatable bonds is 4. The molecule has 22 heavy (non-hydrogen) atoms. The molecule has 0 aromatic heterocycles. The van der Waals surface area contributed by atoms with Gasteiger partial charge in [-0.05, 0) is 24.1 Å². The summed E-state index contributed by atoms with van der Waals surface area (Å²) < 4.78 is 0. The second-order valence-corrected chi connectivity index (χ2v) is 5.68. The molecule has 2 rings (SSSR count). The van der Waals surface area contributed by atoms with Crippen LogP contribution in [0.3, 0.4) is 0 Å². The molecule has 5 nitrogen and oxygen atoms in total. The van der Waals surface area contributed by atoms with Gasteiger partial charge in [-0.15, -0.1) is 0 Å². The first-order chi connectivity index (χ1) is 10.5. The van der Waals surface area contributed by atoms with Crippen molar-refractivity contribution in [3.05, 3.63) is 41.6 Å². The summed E-state index contributed by atoms with van der Waals surface area (Å²) >= 11 is 0. The van der Waals surface area contributed by atoms with Gasteiger partial charge in [0.2, 0.25) is 11.8 Å². The van der Waals surface area contributed by atoms with E-state index in [1.165, 1.54) is 6.92 Å². The summed E-state index contributed by atoms with van der Waals surface area (Å²) in [5.74, 6) is -0.0858. The zero-order valence-electron chi connectivity index (χ0n) is 13.3. The summed E-state index contributed by atoms with van der Waals surface area (Å²) in [4.78, 5) is 27.7. The molecule has 1 aromatic rings. The van der Waals surface area contributed by atoms with E-state index in [2.05, 4.69) is 0 Å². The van der Waals surface area contributed by atoms with E-state index in [1.54, 1.807) is 23.0 Å². The Morgan fingerprint density at radius 3 is 2.68 bits per heavy atom. The first-order valence-corrected chi connectivity index (χ1v) is 7.47. The molecule has 1 aliphatic rings. The third-order valence-electron chi connectivity index (χ3n) is 4.23. The monoisotopic (exact) mass is 301 g/mol. The molecule has 2 amide bonds. The normalized spacial score (nSPS) is 17.8. The van der Waals surface area contributed by atoms with Crippen molar-refractivity contribution >= 4 is 17.9 Å². The van der Waals surface area contributed by atoms with Crippen molar-refractivity contribution in [2.24, 2.45) is 5.73 Å².